The summed E-state index contributed by atoms with van der Waals surface area (Å²) < 4.78 is 0. The van der Waals surface area contributed by atoms with E-state index in [4.69, 9.17) is 11.5 Å². The van der Waals surface area contributed by atoms with Gasteiger partial charge in [-0.05, 0) is 50.8 Å². The molecular formula is C16H22N2. The van der Waals surface area contributed by atoms with Crippen molar-refractivity contribution in [2.75, 3.05) is 0 Å². The Kier molecular flexibility index (Phi) is 3.07. The van der Waals surface area contributed by atoms with Crippen LogP contribution in [0.2, 0.25) is 0 Å². The molecule has 0 aliphatic heterocycles. The maximum atomic E-state index is 6.60. The molecule has 1 aromatic carbocycles. The molecule has 96 valence electrons. The van der Waals surface area contributed by atoms with Gasteiger partial charge in [0.15, 0.2) is 0 Å². The summed E-state index contributed by atoms with van der Waals surface area (Å²) in [5.41, 5.74) is 19.0. The van der Waals surface area contributed by atoms with Gasteiger partial charge in [0.2, 0.25) is 0 Å². The van der Waals surface area contributed by atoms with Gasteiger partial charge in [-0.1, -0.05) is 35.4 Å². The lowest BCUT2D eigenvalue weighted by Crippen LogP contribution is -2.38. The normalized spacial score (nSPS) is 24.2. The van der Waals surface area contributed by atoms with Crippen molar-refractivity contribution in [3.8, 4) is 0 Å². The molecule has 1 atom stereocenters. The predicted molar refractivity (Wildman–Crippen MR) is 77.0 cm³/mol. The standard InChI is InChI=1S/C16H22N2/c1-10-5-11(2)7-14(6-10)16(18)8-12(3)15(17)13(4)9-16/h5-8H,9,17-18H2,1-4H3. The summed E-state index contributed by atoms with van der Waals surface area (Å²) in [7, 11) is 0. The fraction of sp³-hybridized carbons (Fsp3) is 0.375. The van der Waals surface area contributed by atoms with Crippen molar-refractivity contribution in [2.45, 2.75) is 39.7 Å². The minimum absolute atomic E-state index is 0.423. The molecule has 0 spiro atoms. The van der Waals surface area contributed by atoms with Crippen molar-refractivity contribution in [1.82, 2.24) is 0 Å². The van der Waals surface area contributed by atoms with E-state index in [1.807, 2.05) is 6.92 Å². The molecule has 0 bridgehead atoms. The Morgan fingerprint density at radius 2 is 1.56 bits per heavy atom. The highest BCUT2D eigenvalue weighted by Crippen LogP contribution is 2.35. The highest BCUT2D eigenvalue weighted by atomic mass is 14.8. The van der Waals surface area contributed by atoms with Crippen LogP contribution >= 0.6 is 0 Å². The van der Waals surface area contributed by atoms with E-state index >= 15 is 0 Å². The van der Waals surface area contributed by atoms with Crippen molar-refractivity contribution < 1.29 is 0 Å². The minimum Gasteiger partial charge on any atom is -0.399 e. The van der Waals surface area contributed by atoms with Crippen molar-refractivity contribution >= 4 is 0 Å². The summed E-state index contributed by atoms with van der Waals surface area (Å²) in [6.45, 7) is 8.31. The molecule has 4 N–H and O–H groups in total. The van der Waals surface area contributed by atoms with E-state index in [-0.39, 0.29) is 0 Å². The van der Waals surface area contributed by atoms with Gasteiger partial charge in [-0.2, -0.15) is 0 Å². The zero-order valence-corrected chi connectivity index (χ0v) is 11.7. The molecule has 18 heavy (non-hydrogen) atoms. The van der Waals surface area contributed by atoms with Crippen molar-refractivity contribution in [3.05, 3.63) is 57.8 Å². The zero-order valence-electron chi connectivity index (χ0n) is 11.7. The van der Waals surface area contributed by atoms with Crippen LogP contribution in [0, 0.1) is 13.8 Å². The lowest BCUT2D eigenvalue weighted by molar-refractivity contribution is 0.538. The molecule has 2 nitrogen and oxygen atoms in total. The Bertz CT molecular complexity index is 532. The Labute approximate surface area is 109 Å². The molecule has 1 aromatic rings. The third-order valence-corrected chi connectivity index (χ3v) is 3.68. The maximum Gasteiger partial charge on any atom is 0.0640 e. The van der Waals surface area contributed by atoms with Crippen molar-refractivity contribution in [2.24, 2.45) is 11.5 Å². The number of allylic oxidation sites excluding steroid dienone is 1. The van der Waals surface area contributed by atoms with E-state index in [2.05, 4.69) is 45.0 Å². The number of benzene rings is 1. The second-order valence-electron chi connectivity index (χ2n) is 5.61. The average molecular weight is 242 g/mol. The zero-order chi connectivity index (χ0) is 13.5. The number of hydrogen-bond donors (Lipinski definition) is 2. The summed E-state index contributed by atoms with van der Waals surface area (Å²) in [4.78, 5) is 0. The predicted octanol–water partition coefficient (Wildman–Crippen LogP) is 3.04. The van der Waals surface area contributed by atoms with E-state index in [9.17, 15) is 0 Å². The van der Waals surface area contributed by atoms with Crippen LogP contribution in [0.25, 0.3) is 0 Å². The summed E-state index contributed by atoms with van der Waals surface area (Å²) in [6, 6.07) is 6.51. The molecular weight excluding hydrogens is 220 g/mol. The minimum atomic E-state index is -0.423. The van der Waals surface area contributed by atoms with Crippen LogP contribution in [0.3, 0.4) is 0 Å². The van der Waals surface area contributed by atoms with Gasteiger partial charge in [-0.15, -0.1) is 0 Å². The average Bonchev–Trinajstić information content (AvgIpc) is 2.24. The van der Waals surface area contributed by atoms with E-state index < -0.39 is 5.54 Å². The van der Waals surface area contributed by atoms with Crippen LogP contribution in [0.4, 0.5) is 0 Å². The SMILES string of the molecule is CC1=CC(N)(c2cc(C)cc(C)c2)CC(C)=C1N. The molecule has 0 amide bonds. The number of nitrogens with two attached hydrogens (primary N) is 2. The van der Waals surface area contributed by atoms with Crippen LogP contribution in [0.1, 0.15) is 37.0 Å². The second kappa shape index (κ2) is 4.29. The molecule has 2 rings (SSSR count). The molecule has 0 fully saturated rings. The summed E-state index contributed by atoms with van der Waals surface area (Å²) in [5.74, 6) is 0. The number of hydrogen-bond acceptors (Lipinski definition) is 2. The quantitative estimate of drug-likeness (QED) is 0.795. The molecule has 0 saturated heterocycles. The first-order valence-corrected chi connectivity index (χ1v) is 6.34. The number of rotatable bonds is 1. The molecule has 0 aromatic heterocycles. The van der Waals surface area contributed by atoms with Gasteiger partial charge < -0.3 is 11.5 Å². The molecule has 0 radical (unpaired) electrons. The monoisotopic (exact) mass is 242 g/mol. The molecule has 0 heterocycles. The first kappa shape index (κ1) is 12.9. The lowest BCUT2D eigenvalue weighted by Gasteiger charge is -2.33. The Hall–Kier alpha value is -1.54. The fourth-order valence-electron chi connectivity index (χ4n) is 2.81. The highest BCUT2D eigenvalue weighted by molar-refractivity contribution is 5.45. The van der Waals surface area contributed by atoms with Crippen LogP contribution < -0.4 is 11.5 Å². The van der Waals surface area contributed by atoms with E-state index in [0.717, 1.165) is 17.7 Å². The summed E-state index contributed by atoms with van der Waals surface area (Å²) >= 11 is 0. The van der Waals surface area contributed by atoms with Gasteiger partial charge in [-0.3, -0.25) is 0 Å². The number of aryl methyl sites for hydroxylation is 2. The van der Waals surface area contributed by atoms with Crippen molar-refractivity contribution in [3.63, 3.8) is 0 Å². The molecule has 1 aliphatic rings. The first-order valence-electron chi connectivity index (χ1n) is 6.34. The van der Waals surface area contributed by atoms with Crippen LogP contribution in [-0.4, -0.2) is 0 Å². The highest BCUT2D eigenvalue weighted by Gasteiger charge is 2.30. The molecule has 1 unspecified atom stereocenters. The fourth-order valence-corrected chi connectivity index (χ4v) is 2.81. The van der Waals surface area contributed by atoms with Gasteiger partial charge in [-0.25, -0.2) is 0 Å². The van der Waals surface area contributed by atoms with E-state index in [1.165, 1.54) is 22.3 Å². The molecule has 2 heteroatoms. The Morgan fingerprint density at radius 3 is 2.06 bits per heavy atom. The van der Waals surface area contributed by atoms with Gasteiger partial charge in [0.1, 0.15) is 0 Å². The third-order valence-electron chi connectivity index (χ3n) is 3.68. The summed E-state index contributed by atoms with van der Waals surface area (Å²) in [6.07, 6.45) is 2.89. The second-order valence-corrected chi connectivity index (χ2v) is 5.61. The van der Waals surface area contributed by atoms with Gasteiger partial charge in [0.05, 0.1) is 5.54 Å². The largest absolute Gasteiger partial charge is 0.399 e. The van der Waals surface area contributed by atoms with Gasteiger partial charge >= 0.3 is 0 Å². The first-order chi connectivity index (χ1) is 8.32. The van der Waals surface area contributed by atoms with E-state index in [0.29, 0.717) is 0 Å². The molecule has 1 aliphatic carbocycles. The van der Waals surface area contributed by atoms with Gasteiger partial charge in [0, 0.05) is 5.70 Å². The van der Waals surface area contributed by atoms with Crippen LogP contribution in [0.5, 0.6) is 0 Å². The summed E-state index contributed by atoms with van der Waals surface area (Å²) in [5, 5.41) is 0. The maximum absolute atomic E-state index is 6.60. The smallest absolute Gasteiger partial charge is 0.0640 e. The lowest BCUT2D eigenvalue weighted by atomic mass is 9.78. The Balaban J connectivity index is 2.51. The molecule has 0 saturated carbocycles. The Morgan fingerprint density at radius 1 is 1.00 bits per heavy atom. The topological polar surface area (TPSA) is 52.0 Å². The third kappa shape index (κ3) is 2.21. The van der Waals surface area contributed by atoms with Crippen LogP contribution in [0.15, 0.2) is 41.1 Å². The van der Waals surface area contributed by atoms with Crippen molar-refractivity contribution in [1.29, 1.82) is 0 Å². The van der Waals surface area contributed by atoms with E-state index in [1.54, 1.807) is 0 Å². The van der Waals surface area contributed by atoms with Crippen LogP contribution in [-0.2, 0) is 5.54 Å². The van der Waals surface area contributed by atoms with Gasteiger partial charge in [0.25, 0.3) is 0 Å².